The highest BCUT2D eigenvalue weighted by molar-refractivity contribution is 5.81. The summed E-state index contributed by atoms with van der Waals surface area (Å²) in [6.45, 7) is 5.16. The van der Waals surface area contributed by atoms with Crippen LogP contribution in [0.3, 0.4) is 0 Å². The molecule has 0 bridgehead atoms. The normalized spacial score (nSPS) is 14.9. The van der Waals surface area contributed by atoms with Crippen LogP contribution in [0.4, 0.5) is 0 Å². The number of carbonyl (C=O) groups is 1. The van der Waals surface area contributed by atoms with Crippen molar-refractivity contribution in [1.29, 1.82) is 5.26 Å². The van der Waals surface area contributed by atoms with Crippen molar-refractivity contribution >= 4 is 5.91 Å². The molecule has 7 nitrogen and oxygen atoms in total. The first kappa shape index (κ1) is 30.8. The van der Waals surface area contributed by atoms with Crippen LogP contribution in [0.25, 0.3) is 11.1 Å². The Morgan fingerprint density at radius 3 is 2.61 bits per heavy atom. The first-order valence-corrected chi connectivity index (χ1v) is 15.3. The van der Waals surface area contributed by atoms with Gasteiger partial charge < -0.3 is 20.5 Å². The molecule has 4 aromatic carbocycles. The van der Waals surface area contributed by atoms with Crippen molar-refractivity contribution in [3.8, 4) is 28.7 Å². The number of likely N-dealkylation sites (tertiary alicyclic amines) is 1. The lowest BCUT2D eigenvalue weighted by atomic mass is 9.97. The Labute approximate surface area is 260 Å². The minimum absolute atomic E-state index is 0.0268. The summed E-state index contributed by atoms with van der Waals surface area (Å²) < 4.78 is 12.7. The molecule has 4 aromatic rings. The average molecular weight is 589 g/mol. The molecule has 1 fully saturated rings. The number of hydrogen-bond donors (Lipinski definition) is 2. The molecule has 0 unspecified atom stereocenters. The summed E-state index contributed by atoms with van der Waals surface area (Å²) in [6, 6.07) is 32.1. The van der Waals surface area contributed by atoms with E-state index >= 15 is 0 Å². The number of hydrogen-bond acceptors (Lipinski definition) is 6. The fraction of sp³-hybridized carbons (Fsp3) is 0.297. The largest absolute Gasteiger partial charge is 0.489 e. The third-order valence-electron chi connectivity index (χ3n) is 8.15. The van der Waals surface area contributed by atoms with Crippen molar-refractivity contribution in [2.24, 2.45) is 5.73 Å². The molecule has 3 N–H and O–H groups in total. The number of nitrogens with zero attached hydrogens (tertiary/aromatic N) is 2. The van der Waals surface area contributed by atoms with E-state index in [-0.39, 0.29) is 11.9 Å². The van der Waals surface area contributed by atoms with Gasteiger partial charge in [0.15, 0.2) is 0 Å². The second-order valence-corrected chi connectivity index (χ2v) is 11.2. The molecule has 1 heterocycles. The van der Waals surface area contributed by atoms with Crippen LogP contribution in [0.1, 0.15) is 47.1 Å². The molecule has 1 aliphatic rings. The van der Waals surface area contributed by atoms with E-state index < -0.39 is 0 Å². The summed E-state index contributed by atoms with van der Waals surface area (Å²) in [7, 11) is 0. The van der Waals surface area contributed by atoms with Crippen LogP contribution < -0.4 is 20.5 Å². The van der Waals surface area contributed by atoms with E-state index in [1.807, 2.05) is 42.5 Å². The van der Waals surface area contributed by atoms with Crippen LogP contribution in [0.15, 0.2) is 91.0 Å². The van der Waals surface area contributed by atoms with Crippen molar-refractivity contribution in [1.82, 2.24) is 10.2 Å². The van der Waals surface area contributed by atoms with E-state index in [9.17, 15) is 10.1 Å². The molecule has 1 atom stereocenters. The molecule has 226 valence electrons. The van der Waals surface area contributed by atoms with Crippen LogP contribution in [0, 0.1) is 18.3 Å². The fourth-order valence-corrected chi connectivity index (χ4v) is 5.72. The molecular formula is C37H40N4O3. The van der Waals surface area contributed by atoms with Gasteiger partial charge in [-0.15, -0.1) is 0 Å². The van der Waals surface area contributed by atoms with E-state index in [1.165, 1.54) is 16.7 Å². The van der Waals surface area contributed by atoms with Crippen LogP contribution >= 0.6 is 0 Å². The van der Waals surface area contributed by atoms with Gasteiger partial charge in [0, 0.05) is 31.3 Å². The SMILES string of the molecule is Cc1c(COc2ccc(CN3CCCC[C@H]3C(=O)NCCN)c(OCc3cccc(C#N)c3)c2)cccc1-c1ccccc1. The number of benzene rings is 4. The summed E-state index contributed by atoms with van der Waals surface area (Å²) in [5.41, 5.74) is 12.8. The maximum atomic E-state index is 12.9. The van der Waals surface area contributed by atoms with Gasteiger partial charge in [-0.3, -0.25) is 9.69 Å². The lowest BCUT2D eigenvalue weighted by molar-refractivity contribution is -0.127. The van der Waals surface area contributed by atoms with Crippen molar-refractivity contribution in [3.63, 3.8) is 0 Å². The summed E-state index contributed by atoms with van der Waals surface area (Å²) >= 11 is 0. The second-order valence-electron chi connectivity index (χ2n) is 11.2. The third kappa shape index (κ3) is 7.84. The number of nitriles is 1. The van der Waals surface area contributed by atoms with Crippen molar-refractivity contribution in [2.45, 2.75) is 52.0 Å². The molecule has 0 saturated carbocycles. The van der Waals surface area contributed by atoms with Crippen molar-refractivity contribution in [2.75, 3.05) is 19.6 Å². The zero-order valence-electron chi connectivity index (χ0n) is 25.3. The quantitative estimate of drug-likeness (QED) is 0.207. The minimum Gasteiger partial charge on any atom is -0.489 e. The van der Waals surface area contributed by atoms with Gasteiger partial charge in [0.05, 0.1) is 17.7 Å². The van der Waals surface area contributed by atoms with Crippen molar-refractivity contribution < 1.29 is 14.3 Å². The molecule has 0 aromatic heterocycles. The Morgan fingerprint density at radius 1 is 0.955 bits per heavy atom. The highest BCUT2D eigenvalue weighted by Crippen LogP contribution is 2.31. The fourth-order valence-electron chi connectivity index (χ4n) is 5.72. The van der Waals surface area contributed by atoms with Crippen molar-refractivity contribution in [3.05, 3.63) is 119 Å². The van der Waals surface area contributed by atoms with Gasteiger partial charge >= 0.3 is 0 Å². The smallest absolute Gasteiger partial charge is 0.237 e. The Balaban J connectivity index is 1.37. The number of ether oxygens (including phenoxy) is 2. The lowest BCUT2D eigenvalue weighted by Gasteiger charge is -2.35. The zero-order valence-corrected chi connectivity index (χ0v) is 25.3. The molecule has 1 saturated heterocycles. The Kier molecular flexibility index (Phi) is 10.6. The predicted octanol–water partition coefficient (Wildman–Crippen LogP) is 6.12. The number of nitrogens with one attached hydrogen (secondary N) is 1. The predicted molar refractivity (Wildman–Crippen MR) is 173 cm³/mol. The van der Waals surface area contributed by atoms with E-state index in [4.69, 9.17) is 15.2 Å². The first-order chi connectivity index (χ1) is 21.6. The highest BCUT2D eigenvalue weighted by atomic mass is 16.5. The van der Waals surface area contributed by atoms with Crippen LogP contribution in [-0.2, 0) is 24.6 Å². The lowest BCUT2D eigenvalue weighted by Crippen LogP contribution is -2.49. The number of amides is 1. The first-order valence-electron chi connectivity index (χ1n) is 15.3. The van der Waals surface area contributed by atoms with Gasteiger partial charge in [-0.25, -0.2) is 0 Å². The van der Waals surface area contributed by atoms with Crippen LogP contribution in [0.5, 0.6) is 11.5 Å². The molecule has 0 spiro atoms. The van der Waals surface area contributed by atoms with E-state index in [0.717, 1.165) is 42.5 Å². The standard InChI is InChI=1S/C37H40N4O3/c1-27-32(13-8-14-34(27)30-11-3-2-4-12-30)26-43-33-17-16-31(24-41-20-6-5-15-35(41)37(42)40-19-18-38)36(22-33)44-25-29-10-7-9-28(21-29)23-39/h2-4,7-14,16-17,21-22,35H,5-6,15,18-20,24-26,38H2,1H3,(H,40,42)/t35-/m0/s1. The zero-order chi connectivity index (χ0) is 30.7. The minimum atomic E-state index is -0.203. The molecule has 0 radical (unpaired) electrons. The number of nitrogens with two attached hydrogens (primary N) is 1. The number of carbonyl (C=O) groups excluding carboxylic acids is 1. The monoisotopic (exact) mass is 588 g/mol. The highest BCUT2D eigenvalue weighted by Gasteiger charge is 2.29. The summed E-state index contributed by atoms with van der Waals surface area (Å²) in [5, 5.41) is 12.3. The summed E-state index contributed by atoms with van der Waals surface area (Å²) in [6.07, 6.45) is 2.88. The van der Waals surface area contributed by atoms with E-state index in [0.29, 0.717) is 49.9 Å². The number of piperidine rings is 1. The van der Waals surface area contributed by atoms with Gasteiger partial charge in [-0.1, -0.05) is 73.2 Å². The molecule has 7 heteroatoms. The van der Waals surface area contributed by atoms with Gasteiger partial charge in [0.25, 0.3) is 0 Å². The number of rotatable bonds is 12. The molecule has 1 amide bonds. The van der Waals surface area contributed by atoms with Gasteiger partial charge in [0.1, 0.15) is 24.7 Å². The second kappa shape index (κ2) is 15.2. The third-order valence-corrected chi connectivity index (χ3v) is 8.15. The van der Waals surface area contributed by atoms with Gasteiger partial charge in [-0.05, 0) is 72.3 Å². The topological polar surface area (TPSA) is 101 Å². The molecule has 0 aliphatic carbocycles. The van der Waals surface area contributed by atoms with E-state index in [1.54, 1.807) is 6.07 Å². The molecule has 44 heavy (non-hydrogen) atoms. The maximum Gasteiger partial charge on any atom is 0.237 e. The van der Waals surface area contributed by atoms with Crippen LogP contribution in [-0.4, -0.2) is 36.5 Å². The Morgan fingerprint density at radius 2 is 1.80 bits per heavy atom. The molecular weight excluding hydrogens is 548 g/mol. The summed E-state index contributed by atoms with van der Waals surface area (Å²) in [5.74, 6) is 1.43. The maximum absolute atomic E-state index is 12.9. The summed E-state index contributed by atoms with van der Waals surface area (Å²) in [4.78, 5) is 15.2. The Hall–Kier alpha value is -4.64. The molecule has 1 aliphatic heterocycles. The molecule has 5 rings (SSSR count). The Bertz CT molecular complexity index is 1600. The van der Waals surface area contributed by atoms with Gasteiger partial charge in [-0.2, -0.15) is 5.26 Å². The average Bonchev–Trinajstić information content (AvgIpc) is 3.07. The van der Waals surface area contributed by atoms with Crippen LogP contribution in [0.2, 0.25) is 0 Å². The van der Waals surface area contributed by atoms with E-state index in [2.05, 4.69) is 65.7 Å². The van der Waals surface area contributed by atoms with Gasteiger partial charge in [0.2, 0.25) is 5.91 Å².